The van der Waals surface area contributed by atoms with Crippen molar-refractivity contribution >= 4 is 45.8 Å². The Morgan fingerprint density at radius 1 is 1.09 bits per heavy atom. The Hall–Kier alpha value is -4.24. The number of thiophene rings is 1. The molecule has 0 bridgehead atoms. The van der Waals surface area contributed by atoms with Crippen molar-refractivity contribution in [1.29, 1.82) is 0 Å². The number of fused-ring (bicyclic) bond motifs is 1. The normalized spacial score (nSPS) is 11.2. The van der Waals surface area contributed by atoms with Gasteiger partial charge in [0.05, 0.1) is 27.0 Å². The van der Waals surface area contributed by atoms with Gasteiger partial charge in [0.25, 0.3) is 11.8 Å². The highest BCUT2D eigenvalue weighted by Crippen LogP contribution is 2.31. The highest BCUT2D eigenvalue weighted by Gasteiger charge is 2.20. The van der Waals surface area contributed by atoms with Crippen LogP contribution in [-0.2, 0) is 0 Å². The van der Waals surface area contributed by atoms with E-state index in [2.05, 4.69) is 10.3 Å². The minimum Gasteiger partial charge on any atom is -0.443 e. The molecule has 0 saturated heterocycles. The number of amides is 2. The van der Waals surface area contributed by atoms with Crippen LogP contribution in [-0.4, -0.2) is 33.4 Å². The fourth-order valence-electron chi connectivity index (χ4n) is 3.89. The van der Waals surface area contributed by atoms with E-state index in [1.54, 1.807) is 36.3 Å². The summed E-state index contributed by atoms with van der Waals surface area (Å²) in [5.74, 6) is 0.700. The summed E-state index contributed by atoms with van der Waals surface area (Å²) in [6, 6.07) is 18.4. The van der Waals surface area contributed by atoms with E-state index in [4.69, 9.17) is 9.40 Å². The van der Waals surface area contributed by atoms with E-state index in [-0.39, 0.29) is 17.9 Å². The maximum absolute atomic E-state index is 13.0. The molecule has 5 rings (SSSR count). The molecule has 9 heteroatoms. The zero-order chi connectivity index (χ0) is 24.5. The van der Waals surface area contributed by atoms with Gasteiger partial charge in [-0.1, -0.05) is 18.2 Å². The average Bonchev–Trinajstić information content (AvgIpc) is 3.62. The summed E-state index contributed by atoms with van der Waals surface area (Å²) < 4.78 is 7.29. The third-order valence-electron chi connectivity index (χ3n) is 5.63. The molecule has 0 aliphatic carbocycles. The van der Waals surface area contributed by atoms with E-state index in [1.807, 2.05) is 60.9 Å². The van der Waals surface area contributed by atoms with Gasteiger partial charge in [0.2, 0.25) is 5.95 Å². The Bertz CT molecular complexity index is 1500. The third-order valence-corrected chi connectivity index (χ3v) is 6.73. The van der Waals surface area contributed by atoms with Crippen molar-refractivity contribution in [2.45, 2.75) is 19.9 Å². The highest BCUT2D eigenvalue weighted by molar-refractivity contribution is 7.17. The molecule has 5 aromatic rings. The molecule has 0 unspecified atom stereocenters. The molecule has 0 spiro atoms. The van der Waals surface area contributed by atoms with Gasteiger partial charge in [0.1, 0.15) is 0 Å². The van der Waals surface area contributed by atoms with E-state index in [0.29, 0.717) is 33.4 Å². The lowest BCUT2D eigenvalue weighted by atomic mass is 10.2. The van der Waals surface area contributed by atoms with Crippen molar-refractivity contribution in [3.63, 3.8) is 0 Å². The molecule has 1 N–H and O–H groups in total. The molecule has 0 atom stereocenters. The van der Waals surface area contributed by atoms with Crippen LogP contribution >= 0.6 is 11.3 Å². The van der Waals surface area contributed by atoms with Crippen molar-refractivity contribution in [3.05, 3.63) is 83.7 Å². The van der Waals surface area contributed by atoms with Crippen molar-refractivity contribution < 1.29 is 14.0 Å². The van der Waals surface area contributed by atoms with Gasteiger partial charge < -0.3 is 13.9 Å². The second-order valence-corrected chi connectivity index (χ2v) is 9.37. The van der Waals surface area contributed by atoms with Crippen LogP contribution in [0.2, 0.25) is 0 Å². The molecule has 0 radical (unpaired) electrons. The summed E-state index contributed by atoms with van der Waals surface area (Å²) in [5, 5.41) is 2.95. The topological polar surface area (TPSA) is 93.3 Å². The first kappa shape index (κ1) is 22.5. The van der Waals surface area contributed by atoms with Gasteiger partial charge in [0, 0.05) is 24.3 Å². The Morgan fingerprint density at radius 3 is 2.60 bits per heavy atom. The molecular weight excluding hydrogens is 462 g/mol. The van der Waals surface area contributed by atoms with Gasteiger partial charge in [-0.15, -0.1) is 11.3 Å². The van der Waals surface area contributed by atoms with Crippen molar-refractivity contribution in [2.75, 3.05) is 17.3 Å². The fraction of sp³-hybridized carbons (Fsp3) is 0.154. The number of oxazole rings is 1. The lowest BCUT2D eigenvalue weighted by molar-refractivity contribution is 0.0991. The summed E-state index contributed by atoms with van der Waals surface area (Å²) in [7, 11) is 1.74. The number of nitrogens with zero attached hydrogens (tertiary/aromatic N) is 4. The van der Waals surface area contributed by atoms with Crippen LogP contribution in [0.5, 0.6) is 0 Å². The number of benzene rings is 2. The van der Waals surface area contributed by atoms with E-state index in [0.717, 1.165) is 10.4 Å². The van der Waals surface area contributed by atoms with Gasteiger partial charge >= 0.3 is 0 Å². The summed E-state index contributed by atoms with van der Waals surface area (Å²) in [6.07, 6.45) is 2.97. The zero-order valence-electron chi connectivity index (χ0n) is 19.4. The number of aromatic nitrogens is 3. The average molecular weight is 486 g/mol. The maximum atomic E-state index is 13.0. The predicted octanol–water partition coefficient (Wildman–Crippen LogP) is 5.86. The summed E-state index contributed by atoms with van der Waals surface area (Å²) in [6.45, 7) is 4.06. The van der Waals surface area contributed by atoms with Crippen molar-refractivity contribution in [3.8, 4) is 10.6 Å². The minimum absolute atomic E-state index is 0.0536. The number of hydrogen-bond donors (Lipinski definition) is 1. The number of rotatable bonds is 6. The molecule has 0 saturated carbocycles. The van der Waals surface area contributed by atoms with Crippen molar-refractivity contribution in [2.24, 2.45) is 0 Å². The quantitative estimate of drug-likeness (QED) is 0.325. The number of anilines is 2. The number of hydrogen-bond acceptors (Lipinski definition) is 6. The van der Waals surface area contributed by atoms with Gasteiger partial charge in [-0.3, -0.25) is 14.9 Å². The molecule has 3 heterocycles. The zero-order valence-corrected chi connectivity index (χ0v) is 20.2. The molecule has 0 fully saturated rings. The van der Waals surface area contributed by atoms with Crippen LogP contribution in [0.15, 0.2) is 77.7 Å². The van der Waals surface area contributed by atoms with Crippen LogP contribution in [0.25, 0.3) is 21.7 Å². The highest BCUT2D eigenvalue weighted by atomic mass is 32.1. The van der Waals surface area contributed by atoms with E-state index < -0.39 is 0 Å². The minimum atomic E-state index is -0.255. The second kappa shape index (κ2) is 9.19. The Labute approximate surface area is 205 Å². The van der Waals surface area contributed by atoms with Gasteiger partial charge in [0.15, 0.2) is 12.2 Å². The Kier molecular flexibility index (Phi) is 5.92. The van der Waals surface area contributed by atoms with Crippen LogP contribution in [0, 0.1) is 0 Å². The number of carbonyl (C=O) groups excluding carboxylic acids is 2. The van der Waals surface area contributed by atoms with Crippen LogP contribution in [0.3, 0.4) is 0 Å². The van der Waals surface area contributed by atoms with E-state index >= 15 is 0 Å². The molecule has 35 heavy (non-hydrogen) atoms. The SMILES string of the molecule is CC(C)n1c(NC(=O)c2ccc(-c3cnco3)s2)nc2cc(N(C)C(=O)c3ccccc3)ccc21. The molecule has 0 aliphatic heterocycles. The lowest BCUT2D eigenvalue weighted by Gasteiger charge is -2.18. The fourth-order valence-corrected chi connectivity index (χ4v) is 4.75. The lowest BCUT2D eigenvalue weighted by Crippen LogP contribution is -2.26. The maximum Gasteiger partial charge on any atom is 0.268 e. The number of imidazole rings is 1. The van der Waals surface area contributed by atoms with Crippen LogP contribution in [0.4, 0.5) is 11.6 Å². The second-order valence-electron chi connectivity index (χ2n) is 8.29. The first-order valence-corrected chi connectivity index (χ1v) is 11.9. The van der Waals surface area contributed by atoms with E-state index in [1.165, 1.54) is 17.7 Å². The molecular formula is C26H23N5O3S. The van der Waals surface area contributed by atoms with E-state index in [9.17, 15) is 9.59 Å². The smallest absolute Gasteiger partial charge is 0.268 e. The standard InChI is InChI=1S/C26H23N5O3S/c1-16(2)31-20-10-9-18(30(3)25(33)17-7-5-4-6-8-17)13-19(20)28-26(31)29-24(32)23-12-11-22(35-23)21-14-27-15-34-21/h4-16H,1-3H3,(H,28,29,32). The van der Waals surface area contributed by atoms with Gasteiger partial charge in [-0.25, -0.2) is 9.97 Å². The first-order chi connectivity index (χ1) is 16.9. The number of nitrogens with one attached hydrogen (secondary N) is 1. The Balaban J connectivity index is 1.44. The third kappa shape index (κ3) is 4.33. The van der Waals surface area contributed by atoms with Crippen LogP contribution < -0.4 is 10.2 Å². The molecule has 3 aromatic heterocycles. The molecule has 2 aromatic carbocycles. The molecule has 8 nitrogen and oxygen atoms in total. The van der Waals surface area contributed by atoms with Gasteiger partial charge in [-0.2, -0.15) is 0 Å². The molecule has 2 amide bonds. The summed E-state index contributed by atoms with van der Waals surface area (Å²) >= 11 is 1.32. The Morgan fingerprint density at radius 2 is 1.89 bits per heavy atom. The molecule has 0 aliphatic rings. The predicted molar refractivity (Wildman–Crippen MR) is 137 cm³/mol. The summed E-state index contributed by atoms with van der Waals surface area (Å²) in [5.41, 5.74) is 2.88. The van der Waals surface area contributed by atoms with Gasteiger partial charge in [-0.05, 0) is 56.3 Å². The van der Waals surface area contributed by atoms with Crippen LogP contribution in [0.1, 0.15) is 39.9 Å². The molecule has 176 valence electrons. The largest absolute Gasteiger partial charge is 0.443 e. The number of carbonyl (C=O) groups is 2. The first-order valence-electron chi connectivity index (χ1n) is 11.1. The van der Waals surface area contributed by atoms with Crippen molar-refractivity contribution in [1.82, 2.24) is 14.5 Å². The summed E-state index contributed by atoms with van der Waals surface area (Å²) in [4.78, 5) is 37.5. The monoisotopic (exact) mass is 485 g/mol.